The van der Waals surface area contributed by atoms with Crippen LogP contribution in [0.15, 0.2) is 66.7 Å². The molecule has 0 heterocycles. The van der Waals surface area contributed by atoms with Crippen LogP contribution in [-0.2, 0) is 4.79 Å². The number of benzene rings is 3. The standard InChI is InChI=1S/C27H28ClNO3/c1-19-7-16-25(20(2)18-19)27(32)29(17-5-3-4-6-26(30)31)24-14-10-22(11-15-24)21-8-12-23(28)13-9-21/h7-16,18H,3-6,17H2,1-2H3,(H,30,31). The predicted octanol–water partition coefficient (Wildman–Crippen LogP) is 6.92. The summed E-state index contributed by atoms with van der Waals surface area (Å²) in [7, 11) is 0. The largest absolute Gasteiger partial charge is 0.481 e. The Morgan fingerprint density at radius 2 is 1.47 bits per heavy atom. The van der Waals surface area contributed by atoms with Gasteiger partial charge in [-0.3, -0.25) is 9.59 Å². The monoisotopic (exact) mass is 449 g/mol. The first-order chi connectivity index (χ1) is 15.3. The number of carboxylic acids is 1. The molecule has 1 amide bonds. The molecule has 0 spiro atoms. The summed E-state index contributed by atoms with van der Waals surface area (Å²) < 4.78 is 0. The lowest BCUT2D eigenvalue weighted by atomic mass is 10.0. The van der Waals surface area contributed by atoms with E-state index >= 15 is 0 Å². The van der Waals surface area contributed by atoms with Gasteiger partial charge in [-0.15, -0.1) is 0 Å². The van der Waals surface area contributed by atoms with E-state index in [2.05, 4.69) is 0 Å². The molecule has 0 radical (unpaired) electrons. The Balaban J connectivity index is 1.83. The SMILES string of the molecule is Cc1ccc(C(=O)N(CCCCCC(=O)O)c2ccc(-c3ccc(Cl)cc3)cc2)c(C)c1. The first-order valence-electron chi connectivity index (χ1n) is 10.8. The van der Waals surface area contributed by atoms with Crippen LogP contribution in [0, 0.1) is 13.8 Å². The van der Waals surface area contributed by atoms with Crippen molar-refractivity contribution in [2.75, 3.05) is 11.4 Å². The molecule has 0 aliphatic heterocycles. The van der Waals surface area contributed by atoms with Crippen molar-refractivity contribution in [2.45, 2.75) is 39.5 Å². The number of carboxylic acid groups (broad SMARTS) is 1. The van der Waals surface area contributed by atoms with E-state index in [0.29, 0.717) is 23.6 Å². The van der Waals surface area contributed by atoms with Crippen molar-refractivity contribution in [3.63, 3.8) is 0 Å². The highest BCUT2D eigenvalue weighted by molar-refractivity contribution is 6.30. The Morgan fingerprint density at radius 1 is 0.844 bits per heavy atom. The third-order valence-electron chi connectivity index (χ3n) is 5.49. The Bertz CT molecular complexity index is 1080. The number of carbonyl (C=O) groups is 2. The molecule has 32 heavy (non-hydrogen) atoms. The molecule has 5 heteroatoms. The van der Waals surface area contributed by atoms with Crippen molar-refractivity contribution in [3.8, 4) is 11.1 Å². The van der Waals surface area contributed by atoms with Crippen LogP contribution in [0.1, 0.15) is 47.2 Å². The zero-order valence-corrected chi connectivity index (χ0v) is 19.2. The van der Waals surface area contributed by atoms with Crippen molar-refractivity contribution in [2.24, 2.45) is 0 Å². The van der Waals surface area contributed by atoms with Crippen molar-refractivity contribution in [1.82, 2.24) is 0 Å². The fraction of sp³-hybridized carbons (Fsp3) is 0.259. The van der Waals surface area contributed by atoms with E-state index in [1.165, 1.54) is 0 Å². The maximum Gasteiger partial charge on any atom is 0.303 e. The van der Waals surface area contributed by atoms with Crippen LogP contribution in [0.25, 0.3) is 11.1 Å². The Kier molecular flexibility index (Phi) is 8.07. The lowest BCUT2D eigenvalue weighted by Gasteiger charge is -2.24. The summed E-state index contributed by atoms with van der Waals surface area (Å²) in [5.74, 6) is -0.828. The first kappa shape index (κ1) is 23.6. The highest BCUT2D eigenvalue weighted by atomic mass is 35.5. The number of hydrogen-bond donors (Lipinski definition) is 1. The number of rotatable bonds is 9. The van der Waals surface area contributed by atoms with Crippen LogP contribution in [0.5, 0.6) is 0 Å². The van der Waals surface area contributed by atoms with Crippen LogP contribution in [0.2, 0.25) is 5.02 Å². The number of amides is 1. The van der Waals surface area contributed by atoms with Gasteiger partial charge in [0.2, 0.25) is 0 Å². The first-order valence-corrected chi connectivity index (χ1v) is 11.2. The average molecular weight is 450 g/mol. The molecule has 0 aliphatic carbocycles. The summed E-state index contributed by atoms with van der Waals surface area (Å²) in [6, 6.07) is 21.4. The lowest BCUT2D eigenvalue weighted by Crippen LogP contribution is -2.32. The number of unbranched alkanes of at least 4 members (excludes halogenated alkanes) is 2. The van der Waals surface area contributed by atoms with Crippen LogP contribution in [0.4, 0.5) is 5.69 Å². The van der Waals surface area contributed by atoms with Gasteiger partial charge in [0.1, 0.15) is 0 Å². The molecule has 4 nitrogen and oxygen atoms in total. The van der Waals surface area contributed by atoms with Gasteiger partial charge in [0.05, 0.1) is 0 Å². The van der Waals surface area contributed by atoms with Gasteiger partial charge < -0.3 is 10.0 Å². The number of aliphatic carboxylic acids is 1. The lowest BCUT2D eigenvalue weighted by molar-refractivity contribution is -0.137. The molecule has 3 rings (SSSR count). The maximum atomic E-state index is 13.5. The van der Waals surface area contributed by atoms with Gasteiger partial charge >= 0.3 is 5.97 Å². The fourth-order valence-corrected chi connectivity index (χ4v) is 3.87. The molecule has 0 saturated carbocycles. The van der Waals surface area contributed by atoms with Crippen molar-refractivity contribution in [3.05, 3.63) is 88.4 Å². The van der Waals surface area contributed by atoms with Gasteiger partial charge in [0.25, 0.3) is 5.91 Å². The Hall–Kier alpha value is -3.11. The second-order valence-corrected chi connectivity index (χ2v) is 8.47. The smallest absolute Gasteiger partial charge is 0.303 e. The average Bonchev–Trinajstić information content (AvgIpc) is 2.76. The van der Waals surface area contributed by atoms with Crippen LogP contribution < -0.4 is 4.90 Å². The number of anilines is 1. The number of carbonyl (C=O) groups excluding carboxylic acids is 1. The molecule has 0 atom stereocenters. The zero-order valence-electron chi connectivity index (χ0n) is 18.5. The summed E-state index contributed by atoms with van der Waals surface area (Å²) in [6.07, 6.45) is 2.26. The third-order valence-corrected chi connectivity index (χ3v) is 5.74. The summed E-state index contributed by atoms with van der Waals surface area (Å²) in [6.45, 7) is 4.50. The molecule has 0 bridgehead atoms. The third kappa shape index (κ3) is 6.21. The summed E-state index contributed by atoms with van der Waals surface area (Å²) in [5, 5.41) is 9.55. The van der Waals surface area contributed by atoms with Crippen molar-refractivity contribution in [1.29, 1.82) is 0 Å². The minimum atomic E-state index is -0.786. The molecule has 3 aromatic rings. The van der Waals surface area contributed by atoms with Gasteiger partial charge in [0.15, 0.2) is 0 Å². The molecular formula is C27H28ClNO3. The number of aryl methyl sites for hydroxylation is 2. The summed E-state index contributed by atoms with van der Waals surface area (Å²) in [4.78, 5) is 26.0. The zero-order chi connectivity index (χ0) is 23.1. The highest BCUT2D eigenvalue weighted by Crippen LogP contribution is 2.26. The van der Waals surface area contributed by atoms with Gasteiger partial charge in [-0.2, -0.15) is 0 Å². The number of nitrogens with zero attached hydrogens (tertiary/aromatic N) is 1. The second-order valence-electron chi connectivity index (χ2n) is 8.03. The van der Waals surface area contributed by atoms with E-state index in [-0.39, 0.29) is 12.3 Å². The van der Waals surface area contributed by atoms with E-state index in [0.717, 1.165) is 40.8 Å². The second kappa shape index (κ2) is 11.0. The molecule has 3 aromatic carbocycles. The van der Waals surface area contributed by atoms with Crippen LogP contribution in [-0.4, -0.2) is 23.5 Å². The van der Waals surface area contributed by atoms with E-state index < -0.39 is 5.97 Å². The molecule has 0 saturated heterocycles. The quantitative estimate of drug-likeness (QED) is 0.361. The van der Waals surface area contributed by atoms with E-state index in [1.807, 2.05) is 80.6 Å². The van der Waals surface area contributed by atoms with Gasteiger partial charge in [-0.25, -0.2) is 0 Å². The highest BCUT2D eigenvalue weighted by Gasteiger charge is 2.19. The van der Waals surface area contributed by atoms with E-state index in [9.17, 15) is 9.59 Å². The van der Waals surface area contributed by atoms with Crippen molar-refractivity contribution < 1.29 is 14.7 Å². The molecule has 0 aliphatic rings. The molecular weight excluding hydrogens is 422 g/mol. The minimum Gasteiger partial charge on any atom is -0.481 e. The number of halogens is 1. The van der Waals surface area contributed by atoms with E-state index in [1.54, 1.807) is 4.90 Å². The predicted molar refractivity (Wildman–Crippen MR) is 131 cm³/mol. The van der Waals surface area contributed by atoms with Crippen LogP contribution >= 0.6 is 11.6 Å². The topological polar surface area (TPSA) is 57.6 Å². The molecule has 1 N–H and O–H groups in total. The van der Waals surface area contributed by atoms with Gasteiger partial charge in [-0.1, -0.05) is 60.0 Å². The van der Waals surface area contributed by atoms with E-state index in [4.69, 9.17) is 16.7 Å². The molecule has 0 fully saturated rings. The fourth-order valence-electron chi connectivity index (χ4n) is 3.75. The van der Waals surface area contributed by atoms with Crippen molar-refractivity contribution >= 4 is 29.2 Å². The Morgan fingerprint density at radius 3 is 2.06 bits per heavy atom. The number of hydrogen-bond acceptors (Lipinski definition) is 2. The summed E-state index contributed by atoms with van der Waals surface area (Å²) in [5.41, 5.74) is 5.68. The normalized spacial score (nSPS) is 10.7. The molecule has 166 valence electrons. The molecule has 0 aromatic heterocycles. The Labute approximate surface area is 194 Å². The maximum absolute atomic E-state index is 13.5. The van der Waals surface area contributed by atoms with Gasteiger partial charge in [-0.05, 0) is 73.7 Å². The molecule has 0 unspecified atom stereocenters. The minimum absolute atomic E-state index is 0.0417. The summed E-state index contributed by atoms with van der Waals surface area (Å²) >= 11 is 5.99. The van der Waals surface area contributed by atoms with Crippen LogP contribution in [0.3, 0.4) is 0 Å². The van der Waals surface area contributed by atoms with Gasteiger partial charge in [0, 0.05) is 29.2 Å².